The Labute approximate surface area is 125 Å². The molecule has 5 heteroatoms. The lowest BCUT2D eigenvalue weighted by Gasteiger charge is -2.06. The molecule has 0 aliphatic rings. The number of nitrogens with zero attached hydrogens (tertiary/aromatic N) is 1. The van der Waals surface area contributed by atoms with Crippen LogP contribution < -0.4 is 5.56 Å². The summed E-state index contributed by atoms with van der Waals surface area (Å²) in [7, 11) is 0. The number of fused-ring (bicyclic) bond motifs is 1. The third-order valence-electron chi connectivity index (χ3n) is 3.27. The molecule has 0 fully saturated rings. The van der Waals surface area contributed by atoms with Crippen molar-refractivity contribution in [3.63, 3.8) is 0 Å². The van der Waals surface area contributed by atoms with E-state index in [4.69, 9.17) is 12.2 Å². The van der Waals surface area contributed by atoms with Crippen molar-refractivity contribution >= 4 is 34.5 Å². The van der Waals surface area contributed by atoms with Gasteiger partial charge < -0.3 is 4.98 Å². The molecule has 0 spiro atoms. The molecule has 0 radical (unpaired) electrons. The van der Waals surface area contributed by atoms with E-state index in [1.165, 1.54) is 4.88 Å². The van der Waals surface area contributed by atoms with Gasteiger partial charge in [-0.3, -0.25) is 9.36 Å². The minimum Gasteiger partial charge on any atom is -0.332 e. The highest BCUT2D eigenvalue weighted by Crippen LogP contribution is 2.18. The number of rotatable bonds is 3. The minimum atomic E-state index is -0.0317. The van der Waals surface area contributed by atoms with Crippen LogP contribution in [-0.4, -0.2) is 9.55 Å². The molecule has 0 unspecified atom stereocenters. The zero-order chi connectivity index (χ0) is 14.1. The number of hydrogen-bond acceptors (Lipinski definition) is 3. The summed E-state index contributed by atoms with van der Waals surface area (Å²) in [6, 6.07) is 11.6. The fourth-order valence-electron chi connectivity index (χ4n) is 2.20. The van der Waals surface area contributed by atoms with Crippen LogP contribution >= 0.6 is 23.6 Å². The Kier molecular flexibility index (Phi) is 3.54. The van der Waals surface area contributed by atoms with Gasteiger partial charge in [0.25, 0.3) is 5.56 Å². The average molecular weight is 302 g/mol. The molecule has 2 aromatic heterocycles. The molecule has 0 aliphatic heterocycles. The lowest BCUT2D eigenvalue weighted by Crippen LogP contribution is -2.22. The molecular formula is C15H14N2OS2. The van der Waals surface area contributed by atoms with Crippen LogP contribution in [0.4, 0.5) is 0 Å². The lowest BCUT2D eigenvalue weighted by atomic mass is 10.2. The summed E-state index contributed by atoms with van der Waals surface area (Å²) in [6.07, 6.45) is 1.02. The molecule has 2 heterocycles. The fraction of sp³-hybridized carbons (Fsp3) is 0.200. The van der Waals surface area contributed by atoms with Gasteiger partial charge in [-0.1, -0.05) is 19.1 Å². The summed E-state index contributed by atoms with van der Waals surface area (Å²) >= 11 is 7.04. The summed E-state index contributed by atoms with van der Waals surface area (Å²) in [5.41, 5.74) is 0.759. The van der Waals surface area contributed by atoms with Gasteiger partial charge in [-0.05, 0) is 42.9 Å². The van der Waals surface area contributed by atoms with Gasteiger partial charge in [0.15, 0.2) is 4.77 Å². The topological polar surface area (TPSA) is 37.8 Å². The number of thiophene rings is 1. The van der Waals surface area contributed by atoms with E-state index in [2.05, 4.69) is 24.0 Å². The third kappa shape index (κ3) is 2.34. The SMILES string of the molecule is CCc1ccc(Cn2c(=S)[nH]c3ccccc3c2=O)s1. The zero-order valence-corrected chi connectivity index (χ0v) is 12.7. The zero-order valence-electron chi connectivity index (χ0n) is 11.1. The Balaban J connectivity index is 2.11. The fourth-order valence-corrected chi connectivity index (χ4v) is 3.40. The van der Waals surface area contributed by atoms with Gasteiger partial charge in [-0.2, -0.15) is 0 Å². The van der Waals surface area contributed by atoms with E-state index >= 15 is 0 Å². The van der Waals surface area contributed by atoms with Gasteiger partial charge in [0.1, 0.15) is 0 Å². The summed E-state index contributed by atoms with van der Waals surface area (Å²) in [4.78, 5) is 18.1. The van der Waals surface area contributed by atoms with Crippen LogP contribution in [-0.2, 0) is 13.0 Å². The number of para-hydroxylation sites is 1. The van der Waals surface area contributed by atoms with Crippen molar-refractivity contribution in [1.82, 2.24) is 9.55 Å². The van der Waals surface area contributed by atoms with Crippen molar-refractivity contribution in [1.29, 1.82) is 0 Å². The molecule has 3 nitrogen and oxygen atoms in total. The Morgan fingerprint density at radius 3 is 2.70 bits per heavy atom. The van der Waals surface area contributed by atoms with Crippen molar-refractivity contribution in [3.05, 3.63) is 61.3 Å². The van der Waals surface area contributed by atoms with Crippen LogP contribution in [0.3, 0.4) is 0 Å². The number of aromatic amines is 1. The van der Waals surface area contributed by atoms with Crippen LogP contribution in [0, 0.1) is 4.77 Å². The molecule has 0 bridgehead atoms. The van der Waals surface area contributed by atoms with E-state index in [0.717, 1.165) is 16.8 Å². The first-order valence-corrected chi connectivity index (χ1v) is 7.71. The van der Waals surface area contributed by atoms with E-state index in [0.29, 0.717) is 16.7 Å². The predicted octanol–water partition coefficient (Wildman–Crippen LogP) is 3.73. The first-order chi connectivity index (χ1) is 9.69. The molecule has 20 heavy (non-hydrogen) atoms. The molecule has 1 N–H and O–H groups in total. The Hall–Kier alpha value is -1.72. The summed E-state index contributed by atoms with van der Waals surface area (Å²) < 4.78 is 2.10. The monoisotopic (exact) mass is 302 g/mol. The van der Waals surface area contributed by atoms with Crippen LogP contribution in [0.15, 0.2) is 41.2 Å². The molecule has 1 aromatic carbocycles. The van der Waals surface area contributed by atoms with Gasteiger partial charge in [-0.25, -0.2) is 0 Å². The van der Waals surface area contributed by atoms with Gasteiger partial charge in [-0.15, -0.1) is 11.3 Å². The lowest BCUT2D eigenvalue weighted by molar-refractivity contribution is 0.743. The van der Waals surface area contributed by atoms with Crippen LogP contribution in [0.1, 0.15) is 16.7 Å². The molecule has 102 valence electrons. The molecule has 3 aromatic rings. The summed E-state index contributed by atoms with van der Waals surface area (Å²) in [5.74, 6) is 0. The van der Waals surface area contributed by atoms with Gasteiger partial charge >= 0.3 is 0 Å². The van der Waals surface area contributed by atoms with Crippen LogP contribution in [0.5, 0.6) is 0 Å². The third-order valence-corrected chi connectivity index (χ3v) is 4.81. The first kappa shape index (κ1) is 13.3. The number of nitrogens with one attached hydrogen (secondary N) is 1. The van der Waals surface area contributed by atoms with E-state index in [9.17, 15) is 4.79 Å². The quantitative estimate of drug-likeness (QED) is 0.749. The first-order valence-electron chi connectivity index (χ1n) is 6.48. The van der Waals surface area contributed by atoms with E-state index in [1.54, 1.807) is 15.9 Å². The van der Waals surface area contributed by atoms with Crippen LogP contribution in [0.25, 0.3) is 10.9 Å². The highest BCUT2D eigenvalue weighted by Gasteiger charge is 2.07. The molecule has 0 atom stereocenters. The van der Waals surface area contributed by atoms with Crippen molar-refractivity contribution in [2.45, 2.75) is 19.9 Å². The maximum Gasteiger partial charge on any atom is 0.262 e. The summed E-state index contributed by atoms with van der Waals surface area (Å²) in [6.45, 7) is 2.66. The minimum absolute atomic E-state index is 0.0317. The van der Waals surface area contributed by atoms with Crippen molar-refractivity contribution in [2.24, 2.45) is 0 Å². The van der Waals surface area contributed by atoms with Gasteiger partial charge in [0.05, 0.1) is 17.4 Å². The number of aromatic nitrogens is 2. The number of hydrogen-bond donors (Lipinski definition) is 1. The number of H-pyrrole nitrogens is 1. The smallest absolute Gasteiger partial charge is 0.262 e. The normalized spacial score (nSPS) is 11.1. The molecule has 0 saturated heterocycles. The average Bonchev–Trinajstić information content (AvgIpc) is 2.91. The van der Waals surface area contributed by atoms with Gasteiger partial charge in [0, 0.05) is 9.75 Å². The maximum atomic E-state index is 12.5. The Morgan fingerprint density at radius 1 is 1.20 bits per heavy atom. The van der Waals surface area contributed by atoms with Crippen LogP contribution in [0.2, 0.25) is 0 Å². The predicted molar refractivity (Wildman–Crippen MR) is 86.2 cm³/mol. The molecule has 0 aliphatic carbocycles. The largest absolute Gasteiger partial charge is 0.332 e. The second-order valence-corrected chi connectivity index (χ2v) is 6.23. The second-order valence-electron chi connectivity index (χ2n) is 4.59. The molecule has 0 saturated carbocycles. The second kappa shape index (κ2) is 5.34. The van der Waals surface area contributed by atoms with Crippen molar-refractivity contribution in [2.75, 3.05) is 0 Å². The molecule has 0 amide bonds. The number of aryl methyl sites for hydroxylation is 1. The number of benzene rings is 1. The molecule has 3 rings (SSSR count). The highest BCUT2D eigenvalue weighted by molar-refractivity contribution is 7.71. The van der Waals surface area contributed by atoms with E-state index < -0.39 is 0 Å². The molecular weight excluding hydrogens is 288 g/mol. The van der Waals surface area contributed by atoms with E-state index in [-0.39, 0.29) is 5.56 Å². The Bertz CT molecular complexity index is 873. The Morgan fingerprint density at radius 2 is 1.95 bits per heavy atom. The van der Waals surface area contributed by atoms with E-state index in [1.807, 2.05) is 24.3 Å². The van der Waals surface area contributed by atoms with Crippen molar-refractivity contribution < 1.29 is 0 Å². The summed E-state index contributed by atoms with van der Waals surface area (Å²) in [5, 5.41) is 0.674. The van der Waals surface area contributed by atoms with Gasteiger partial charge in [0.2, 0.25) is 0 Å². The maximum absolute atomic E-state index is 12.5. The standard InChI is InChI=1S/C15H14N2OS2/c1-2-10-7-8-11(20-10)9-17-14(18)12-5-3-4-6-13(12)16-15(17)19/h3-8H,2,9H2,1H3,(H,16,19). The highest BCUT2D eigenvalue weighted by atomic mass is 32.1. The van der Waals surface area contributed by atoms with Crippen molar-refractivity contribution in [3.8, 4) is 0 Å².